The summed E-state index contributed by atoms with van der Waals surface area (Å²) in [6.07, 6.45) is -4.45. The Bertz CT molecular complexity index is 1070. The molecule has 0 aliphatic carbocycles. The average Bonchev–Trinajstić information content (AvgIpc) is 3.29. The summed E-state index contributed by atoms with van der Waals surface area (Å²) in [5, 5.41) is 2.84. The molecular formula is C24H23F3N2O3. The van der Waals surface area contributed by atoms with E-state index < -0.39 is 17.6 Å². The van der Waals surface area contributed by atoms with E-state index in [9.17, 15) is 18.0 Å². The van der Waals surface area contributed by atoms with Crippen LogP contribution in [0.15, 0.2) is 65.1 Å². The average molecular weight is 444 g/mol. The van der Waals surface area contributed by atoms with Crippen molar-refractivity contribution in [3.8, 4) is 11.3 Å². The second kappa shape index (κ2) is 9.58. The first kappa shape index (κ1) is 22.1. The Hall–Kier alpha value is -3.10. The summed E-state index contributed by atoms with van der Waals surface area (Å²) >= 11 is 0. The quantitative estimate of drug-likeness (QED) is 0.598. The molecule has 0 spiro atoms. The number of ether oxygens (including phenoxy) is 1. The maximum absolute atomic E-state index is 13.0. The number of carbonyl (C=O) groups is 1. The van der Waals surface area contributed by atoms with Crippen molar-refractivity contribution < 1.29 is 27.1 Å². The Labute approximate surface area is 183 Å². The molecule has 2 aromatic carbocycles. The molecule has 1 amide bonds. The number of nitrogens with one attached hydrogen (secondary N) is 1. The molecule has 1 aliphatic heterocycles. The second-order valence-electron chi connectivity index (χ2n) is 7.58. The number of amides is 1. The van der Waals surface area contributed by atoms with E-state index in [0.717, 1.165) is 42.9 Å². The standard InChI is InChI=1S/C24H23F3N2O3/c25-24(26,27)20-7-3-6-17(14-20)21-8-9-22(32-21)23(30)28-15-18-4-1-2-5-19(18)16-29-10-12-31-13-11-29/h1-9,14H,10-13,15-16H2,(H,28,30). The smallest absolute Gasteiger partial charge is 0.416 e. The maximum atomic E-state index is 13.0. The van der Waals surface area contributed by atoms with E-state index in [0.29, 0.717) is 19.8 Å². The van der Waals surface area contributed by atoms with Crippen LogP contribution in [-0.2, 0) is 24.0 Å². The highest BCUT2D eigenvalue weighted by molar-refractivity contribution is 5.92. The molecule has 8 heteroatoms. The third-order valence-corrected chi connectivity index (χ3v) is 5.36. The zero-order chi connectivity index (χ0) is 22.6. The molecule has 1 aliphatic rings. The highest BCUT2D eigenvalue weighted by atomic mass is 19.4. The topological polar surface area (TPSA) is 54.7 Å². The Balaban J connectivity index is 1.41. The largest absolute Gasteiger partial charge is 0.451 e. The van der Waals surface area contributed by atoms with Gasteiger partial charge in [-0.2, -0.15) is 13.2 Å². The summed E-state index contributed by atoms with van der Waals surface area (Å²) in [7, 11) is 0. The lowest BCUT2D eigenvalue weighted by Crippen LogP contribution is -2.36. The van der Waals surface area contributed by atoms with E-state index in [4.69, 9.17) is 9.15 Å². The van der Waals surface area contributed by atoms with E-state index in [1.165, 1.54) is 24.3 Å². The molecule has 5 nitrogen and oxygen atoms in total. The number of rotatable bonds is 6. The van der Waals surface area contributed by atoms with Crippen molar-refractivity contribution in [2.75, 3.05) is 26.3 Å². The zero-order valence-corrected chi connectivity index (χ0v) is 17.3. The number of alkyl halides is 3. The van der Waals surface area contributed by atoms with Gasteiger partial charge in [0.25, 0.3) is 5.91 Å². The minimum Gasteiger partial charge on any atom is -0.451 e. The summed E-state index contributed by atoms with van der Waals surface area (Å²) in [5.41, 5.74) is 1.61. The number of carbonyl (C=O) groups excluding carboxylic acids is 1. The lowest BCUT2D eigenvalue weighted by Gasteiger charge is -2.27. The van der Waals surface area contributed by atoms with Gasteiger partial charge in [0.1, 0.15) is 5.76 Å². The predicted molar refractivity (Wildman–Crippen MR) is 113 cm³/mol. The molecular weight excluding hydrogens is 421 g/mol. The van der Waals surface area contributed by atoms with E-state index in [1.807, 2.05) is 24.3 Å². The van der Waals surface area contributed by atoms with Gasteiger partial charge in [-0.15, -0.1) is 0 Å². The van der Waals surface area contributed by atoms with Gasteiger partial charge < -0.3 is 14.5 Å². The number of morpholine rings is 1. The van der Waals surface area contributed by atoms with E-state index in [2.05, 4.69) is 10.2 Å². The van der Waals surface area contributed by atoms with Gasteiger partial charge in [-0.1, -0.05) is 36.4 Å². The fourth-order valence-corrected chi connectivity index (χ4v) is 3.61. The van der Waals surface area contributed by atoms with Crippen LogP contribution in [0.3, 0.4) is 0 Å². The zero-order valence-electron chi connectivity index (χ0n) is 17.3. The van der Waals surface area contributed by atoms with Crippen LogP contribution in [0.25, 0.3) is 11.3 Å². The molecule has 32 heavy (non-hydrogen) atoms. The third-order valence-electron chi connectivity index (χ3n) is 5.36. The molecule has 0 radical (unpaired) electrons. The highest BCUT2D eigenvalue weighted by Gasteiger charge is 2.30. The first-order valence-electron chi connectivity index (χ1n) is 10.3. The molecule has 0 bridgehead atoms. The van der Waals surface area contributed by atoms with Crippen LogP contribution >= 0.6 is 0 Å². The van der Waals surface area contributed by atoms with E-state index in [1.54, 1.807) is 0 Å². The molecule has 0 atom stereocenters. The van der Waals surface area contributed by atoms with Crippen LogP contribution in [0.4, 0.5) is 13.2 Å². The van der Waals surface area contributed by atoms with Crippen LogP contribution in [0.5, 0.6) is 0 Å². The van der Waals surface area contributed by atoms with Gasteiger partial charge in [-0.25, -0.2) is 0 Å². The van der Waals surface area contributed by atoms with Gasteiger partial charge in [-0.3, -0.25) is 9.69 Å². The Morgan fingerprint density at radius 1 is 0.969 bits per heavy atom. The molecule has 0 saturated carbocycles. The Morgan fingerprint density at radius 3 is 2.47 bits per heavy atom. The van der Waals surface area contributed by atoms with Crippen molar-refractivity contribution in [3.63, 3.8) is 0 Å². The summed E-state index contributed by atoms with van der Waals surface area (Å²) in [6.45, 7) is 4.25. The summed E-state index contributed by atoms with van der Waals surface area (Å²) in [6, 6.07) is 15.7. The summed E-state index contributed by atoms with van der Waals surface area (Å²) in [5.74, 6) is -0.179. The number of benzene rings is 2. The lowest BCUT2D eigenvalue weighted by atomic mass is 10.1. The lowest BCUT2D eigenvalue weighted by molar-refractivity contribution is -0.137. The maximum Gasteiger partial charge on any atom is 0.416 e. The number of hydrogen-bond donors (Lipinski definition) is 1. The summed E-state index contributed by atoms with van der Waals surface area (Å²) in [4.78, 5) is 14.9. The minimum atomic E-state index is -4.45. The van der Waals surface area contributed by atoms with E-state index >= 15 is 0 Å². The summed E-state index contributed by atoms with van der Waals surface area (Å²) < 4.78 is 49.8. The minimum absolute atomic E-state index is 0.0445. The van der Waals surface area contributed by atoms with Crippen LogP contribution in [-0.4, -0.2) is 37.1 Å². The first-order valence-corrected chi connectivity index (χ1v) is 10.3. The normalized spacial score (nSPS) is 15.0. The number of halogens is 3. The molecule has 0 unspecified atom stereocenters. The van der Waals surface area contributed by atoms with Crippen molar-refractivity contribution in [1.82, 2.24) is 10.2 Å². The van der Waals surface area contributed by atoms with Gasteiger partial charge >= 0.3 is 6.18 Å². The Kier molecular flexibility index (Phi) is 6.62. The van der Waals surface area contributed by atoms with Gasteiger partial charge in [0.15, 0.2) is 5.76 Å². The molecule has 1 N–H and O–H groups in total. The highest BCUT2D eigenvalue weighted by Crippen LogP contribution is 2.32. The second-order valence-corrected chi connectivity index (χ2v) is 7.58. The fraction of sp³-hybridized carbons (Fsp3) is 0.292. The van der Waals surface area contributed by atoms with Crippen LogP contribution in [0.1, 0.15) is 27.2 Å². The van der Waals surface area contributed by atoms with Crippen molar-refractivity contribution >= 4 is 5.91 Å². The SMILES string of the molecule is O=C(NCc1ccccc1CN1CCOCC1)c1ccc(-c2cccc(C(F)(F)F)c2)o1. The monoisotopic (exact) mass is 444 g/mol. The molecule has 4 rings (SSSR count). The van der Waals surface area contributed by atoms with Gasteiger partial charge in [0, 0.05) is 31.7 Å². The molecule has 168 valence electrons. The number of hydrogen-bond acceptors (Lipinski definition) is 4. The van der Waals surface area contributed by atoms with Gasteiger partial charge in [-0.05, 0) is 35.4 Å². The van der Waals surface area contributed by atoms with Crippen molar-refractivity contribution in [2.45, 2.75) is 19.3 Å². The third kappa shape index (κ3) is 5.38. The van der Waals surface area contributed by atoms with Crippen molar-refractivity contribution in [2.24, 2.45) is 0 Å². The van der Waals surface area contributed by atoms with Crippen LogP contribution in [0, 0.1) is 0 Å². The fourth-order valence-electron chi connectivity index (χ4n) is 3.61. The molecule has 1 fully saturated rings. The van der Waals surface area contributed by atoms with Crippen molar-refractivity contribution in [3.05, 3.63) is 83.1 Å². The molecule has 1 aromatic heterocycles. The van der Waals surface area contributed by atoms with Gasteiger partial charge in [0.05, 0.1) is 18.8 Å². The molecule has 3 aromatic rings. The first-order chi connectivity index (χ1) is 15.4. The van der Waals surface area contributed by atoms with Crippen LogP contribution < -0.4 is 5.32 Å². The van der Waals surface area contributed by atoms with Crippen LogP contribution in [0.2, 0.25) is 0 Å². The van der Waals surface area contributed by atoms with Crippen molar-refractivity contribution in [1.29, 1.82) is 0 Å². The number of furan rings is 1. The molecule has 1 saturated heterocycles. The predicted octanol–water partition coefficient (Wildman–Crippen LogP) is 4.73. The van der Waals surface area contributed by atoms with Gasteiger partial charge in [0.2, 0.25) is 0 Å². The van der Waals surface area contributed by atoms with E-state index in [-0.39, 0.29) is 17.1 Å². The Morgan fingerprint density at radius 2 is 1.72 bits per heavy atom. The number of nitrogens with zero attached hydrogens (tertiary/aromatic N) is 1. The molecule has 2 heterocycles.